The molecule has 0 aliphatic carbocycles. The number of ether oxygens (including phenoxy) is 1. The Morgan fingerprint density at radius 3 is 3.00 bits per heavy atom. The van der Waals surface area contributed by atoms with E-state index in [2.05, 4.69) is 5.32 Å². The van der Waals surface area contributed by atoms with E-state index in [1.165, 1.54) is 7.11 Å². The number of methoxy groups -OCH3 is 1. The van der Waals surface area contributed by atoms with Gasteiger partial charge in [0.25, 0.3) is 0 Å². The van der Waals surface area contributed by atoms with Gasteiger partial charge in [0.15, 0.2) is 0 Å². The number of carbonyl (C=O) groups excluding carboxylic acids is 1. The second-order valence-corrected chi connectivity index (χ2v) is 3.82. The Bertz CT molecular complexity index is 417. The van der Waals surface area contributed by atoms with Crippen molar-refractivity contribution >= 4 is 23.2 Å². The van der Waals surface area contributed by atoms with Crippen LogP contribution in [0.5, 0.6) is 0 Å². The van der Waals surface area contributed by atoms with Crippen LogP contribution in [0.4, 0.5) is 0 Å². The molecule has 0 aromatic heterocycles. The average Bonchev–Trinajstić information content (AvgIpc) is 2.28. The Morgan fingerprint density at radius 1 is 1.53 bits per heavy atom. The van der Waals surface area contributed by atoms with Crippen LogP contribution in [0.3, 0.4) is 0 Å². The second-order valence-electron chi connectivity index (χ2n) is 3.41. The maximum atomic E-state index is 11.4. The van der Waals surface area contributed by atoms with Crippen molar-refractivity contribution in [2.45, 2.75) is 12.5 Å². The normalized spacial score (nSPS) is 19.0. The molecule has 1 aliphatic rings. The van der Waals surface area contributed by atoms with Crippen molar-refractivity contribution in [3.63, 3.8) is 0 Å². The molecule has 1 N–H and O–H groups in total. The van der Waals surface area contributed by atoms with Crippen LogP contribution in [0.25, 0.3) is 0 Å². The van der Waals surface area contributed by atoms with Gasteiger partial charge in [-0.1, -0.05) is 36.5 Å². The van der Waals surface area contributed by atoms with E-state index in [1.54, 1.807) is 0 Å². The van der Waals surface area contributed by atoms with Crippen molar-refractivity contribution in [1.29, 1.82) is 0 Å². The van der Waals surface area contributed by atoms with Crippen molar-refractivity contribution < 1.29 is 9.53 Å². The molecule has 0 fully saturated rings. The quantitative estimate of drug-likeness (QED) is 0.568. The van der Waals surface area contributed by atoms with E-state index in [0.29, 0.717) is 11.4 Å². The predicted octanol–water partition coefficient (Wildman–Crippen LogP) is 1.05. The zero-order chi connectivity index (χ0) is 10.8. The molecule has 0 saturated heterocycles. The number of fused-ring (bicyclic) bond motifs is 1. The Morgan fingerprint density at radius 2 is 2.27 bits per heavy atom. The first-order valence-corrected chi connectivity index (χ1v) is 5.10. The van der Waals surface area contributed by atoms with Crippen molar-refractivity contribution in [1.82, 2.24) is 5.32 Å². The number of hydrogen-bond donors (Lipinski definition) is 1. The number of nitrogens with one attached hydrogen (secondary N) is 1. The zero-order valence-electron chi connectivity index (χ0n) is 8.32. The number of rotatable bonds is 1. The molecule has 1 atom stereocenters. The van der Waals surface area contributed by atoms with Crippen LogP contribution in [0.1, 0.15) is 11.1 Å². The van der Waals surface area contributed by atoms with Crippen molar-refractivity contribution in [3.05, 3.63) is 35.4 Å². The minimum Gasteiger partial charge on any atom is -0.467 e. The summed E-state index contributed by atoms with van der Waals surface area (Å²) in [6, 6.07) is 7.47. The Balaban J connectivity index is 2.30. The highest BCUT2D eigenvalue weighted by atomic mass is 32.1. The van der Waals surface area contributed by atoms with Gasteiger partial charge in [0.05, 0.1) is 7.11 Å². The van der Waals surface area contributed by atoms with E-state index in [-0.39, 0.29) is 12.0 Å². The minimum absolute atomic E-state index is 0.271. The fraction of sp³-hybridized carbons (Fsp3) is 0.273. The lowest BCUT2D eigenvalue weighted by molar-refractivity contribution is -0.142. The summed E-state index contributed by atoms with van der Waals surface area (Å²) >= 11 is 5.19. The number of hydrogen-bond acceptors (Lipinski definition) is 3. The third-order valence-corrected chi connectivity index (χ3v) is 2.81. The molecule has 15 heavy (non-hydrogen) atoms. The third kappa shape index (κ3) is 1.85. The third-order valence-electron chi connectivity index (χ3n) is 2.48. The van der Waals surface area contributed by atoms with Gasteiger partial charge in [-0.15, -0.1) is 0 Å². The maximum absolute atomic E-state index is 11.4. The Kier molecular flexibility index (Phi) is 2.68. The first-order chi connectivity index (χ1) is 7.22. The highest BCUT2D eigenvalue weighted by Gasteiger charge is 2.26. The molecule has 1 aromatic carbocycles. The van der Waals surface area contributed by atoms with Crippen molar-refractivity contribution in [3.8, 4) is 0 Å². The largest absolute Gasteiger partial charge is 0.467 e. The predicted molar refractivity (Wildman–Crippen MR) is 60.8 cm³/mol. The molecule has 1 aromatic rings. The van der Waals surface area contributed by atoms with Crippen LogP contribution in [0, 0.1) is 0 Å². The maximum Gasteiger partial charge on any atom is 0.328 e. The van der Waals surface area contributed by atoms with Crippen LogP contribution in [-0.4, -0.2) is 24.1 Å². The van der Waals surface area contributed by atoms with Gasteiger partial charge in [-0.05, 0) is 5.56 Å². The van der Waals surface area contributed by atoms with Crippen LogP contribution < -0.4 is 5.32 Å². The van der Waals surface area contributed by atoms with Gasteiger partial charge in [-0.3, -0.25) is 0 Å². The molecule has 4 heteroatoms. The van der Waals surface area contributed by atoms with Gasteiger partial charge < -0.3 is 10.1 Å². The lowest BCUT2D eigenvalue weighted by atomic mass is 9.96. The van der Waals surface area contributed by atoms with E-state index in [0.717, 1.165) is 11.1 Å². The molecule has 1 heterocycles. The van der Waals surface area contributed by atoms with E-state index < -0.39 is 0 Å². The summed E-state index contributed by atoms with van der Waals surface area (Å²) < 4.78 is 4.69. The van der Waals surface area contributed by atoms with Gasteiger partial charge in [-0.2, -0.15) is 0 Å². The number of carbonyl (C=O) groups is 1. The van der Waals surface area contributed by atoms with Gasteiger partial charge in [0.1, 0.15) is 11.0 Å². The minimum atomic E-state index is -0.350. The topological polar surface area (TPSA) is 38.3 Å². The lowest BCUT2D eigenvalue weighted by Crippen LogP contribution is -2.46. The summed E-state index contributed by atoms with van der Waals surface area (Å²) in [5.74, 6) is -0.271. The SMILES string of the molecule is COC(=O)C1Cc2ccccc2C(=S)N1. The van der Waals surface area contributed by atoms with Crippen molar-refractivity contribution in [2.24, 2.45) is 0 Å². The van der Waals surface area contributed by atoms with Gasteiger partial charge in [0, 0.05) is 12.0 Å². The summed E-state index contributed by atoms with van der Waals surface area (Å²) in [5.41, 5.74) is 2.10. The zero-order valence-corrected chi connectivity index (χ0v) is 9.14. The highest BCUT2D eigenvalue weighted by molar-refractivity contribution is 7.80. The molecule has 2 rings (SSSR count). The first kappa shape index (κ1) is 10.1. The van der Waals surface area contributed by atoms with Gasteiger partial charge in [-0.25, -0.2) is 4.79 Å². The van der Waals surface area contributed by atoms with E-state index in [4.69, 9.17) is 17.0 Å². The van der Waals surface area contributed by atoms with Crippen molar-refractivity contribution in [2.75, 3.05) is 7.11 Å². The molecule has 0 bridgehead atoms. The highest BCUT2D eigenvalue weighted by Crippen LogP contribution is 2.17. The van der Waals surface area contributed by atoms with Crippen LogP contribution in [-0.2, 0) is 16.0 Å². The number of thiocarbonyl (C=S) groups is 1. The summed E-state index contributed by atoms with van der Waals surface area (Å²) in [4.78, 5) is 12.0. The van der Waals surface area contributed by atoms with E-state index >= 15 is 0 Å². The summed E-state index contributed by atoms with van der Waals surface area (Å²) in [6.45, 7) is 0. The first-order valence-electron chi connectivity index (χ1n) is 4.69. The van der Waals surface area contributed by atoms with Gasteiger partial charge >= 0.3 is 5.97 Å². The summed E-state index contributed by atoms with van der Waals surface area (Å²) in [5, 5.41) is 2.98. The molecule has 1 aliphatic heterocycles. The van der Waals surface area contributed by atoms with Crippen LogP contribution >= 0.6 is 12.2 Å². The van der Waals surface area contributed by atoms with Crippen LogP contribution in [0.15, 0.2) is 24.3 Å². The molecule has 1 unspecified atom stereocenters. The van der Waals surface area contributed by atoms with E-state index in [1.807, 2.05) is 24.3 Å². The van der Waals surface area contributed by atoms with E-state index in [9.17, 15) is 4.79 Å². The molecule has 0 amide bonds. The molecule has 0 radical (unpaired) electrons. The monoisotopic (exact) mass is 221 g/mol. The Hall–Kier alpha value is -1.42. The molecule has 78 valence electrons. The Labute approximate surface area is 93.4 Å². The smallest absolute Gasteiger partial charge is 0.328 e. The molecule has 0 saturated carbocycles. The molecular weight excluding hydrogens is 210 g/mol. The molecule has 0 spiro atoms. The number of benzene rings is 1. The average molecular weight is 221 g/mol. The molecular formula is C11H11NO2S. The molecule has 3 nitrogen and oxygen atoms in total. The summed E-state index contributed by atoms with van der Waals surface area (Å²) in [7, 11) is 1.38. The number of esters is 1. The fourth-order valence-electron chi connectivity index (χ4n) is 1.71. The van der Waals surface area contributed by atoms with Gasteiger partial charge in [0.2, 0.25) is 0 Å². The fourth-order valence-corrected chi connectivity index (χ4v) is 2.05. The lowest BCUT2D eigenvalue weighted by Gasteiger charge is -2.25. The second kappa shape index (κ2) is 3.98. The summed E-state index contributed by atoms with van der Waals surface area (Å²) in [6.07, 6.45) is 0.628. The standard InChI is InChI=1S/C11H11NO2S/c1-14-11(13)9-6-7-4-2-3-5-8(7)10(15)12-9/h2-5,9H,6H2,1H3,(H,12,15). The van der Waals surface area contributed by atoms with Crippen LogP contribution in [0.2, 0.25) is 0 Å².